The first-order valence-electron chi connectivity index (χ1n) is 10.3. The Morgan fingerprint density at radius 3 is 2.78 bits per heavy atom. The molecule has 0 saturated carbocycles. The molecule has 162 valence electrons. The molecule has 0 radical (unpaired) electrons. The summed E-state index contributed by atoms with van der Waals surface area (Å²) in [6.07, 6.45) is 1.81. The minimum absolute atomic E-state index is 0.0572. The van der Waals surface area contributed by atoms with Crippen molar-refractivity contribution >= 4 is 22.8 Å². The van der Waals surface area contributed by atoms with E-state index in [0.717, 1.165) is 10.9 Å². The van der Waals surface area contributed by atoms with Gasteiger partial charge in [-0.2, -0.15) is 5.10 Å². The van der Waals surface area contributed by atoms with Crippen LogP contribution in [0.4, 0.5) is 4.39 Å². The van der Waals surface area contributed by atoms with Crippen LogP contribution in [0.25, 0.3) is 11.0 Å². The van der Waals surface area contributed by atoms with E-state index in [9.17, 15) is 14.0 Å². The van der Waals surface area contributed by atoms with Crippen molar-refractivity contribution in [3.05, 3.63) is 89.2 Å². The molecule has 2 aromatic carbocycles. The quantitative estimate of drug-likeness (QED) is 0.536. The molecule has 2 amide bonds. The highest BCUT2D eigenvalue weighted by Crippen LogP contribution is 2.29. The third-order valence-electron chi connectivity index (χ3n) is 5.68. The molecule has 4 aromatic rings. The lowest BCUT2D eigenvalue weighted by atomic mass is 9.95. The van der Waals surface area contributed by atoms with Crippen LogP contribution in [-0.2, 0) is 24.9 Å². The van der Waals surface area contributed by atoms with E-state index in [1.165, 1.54) is 6.07 Å². The number of halogens is 1. The van der Waals surface area contributed by atoms with Crippen LogP contribution in [0.15, 0.2) is 65.2 Å². The fourth-order valence-corrected chi connectivity index (χ4v) is 4.10. The van der Waals surface area contributed by atoms with Crippen molar-refractivity contribution in [3.8, 4) is 0 Å². The number of benzene rings is 2. The second kappa shape index (κ2) is 7.96. The number of hydrogen-bond donors (Lipinski definition) is 1. The van der Waals surface area contributed by atoms with Crippen molar-refractivity contribution in [1.29, 1.82) is 0 Å². The third kappa shape index (κ3) is 3.64. The lowest BCUT2D eigenvalue weighted by molar-refractivity contribution is -0.123. The highest BCUT2D eigenvalue weighted by Gasteiger charge is 2.36. The Balaban J connectivity index is 1.39. The fourth-order valence-electron chi connectivity index (χ4n) is 4.10. The van der Waals surface area contributed by atoms with Gasteiger partial charge >= 0.3 is 0 Å². The zero-order valence-corrected chi connectivity index (χ0v) is 17.4. The second-order valence-electron chi connectivity index (χ2n) is 7.91. The normalized spacial score (nSPS) is 15.6. The van der Waals surface area contributed by atoms with Crippen LogP contribution in [-0.4, -0.2) is 33.0 Å². The topological polar surface area (TPSA) is 80.4 Å². The zero-order chi connectivity index (χ0) is 22.2. The van der Waals surface area contributed by atoms with Crippen molar-refractivity contribution in [3.63, 3.8) is 0 Å². The standard InChI is InChI=1S/C24H21FN4O3/c1-28-12-17-13-29(24(31)21-10-15-6-3-5-9-20(15)32-21)14-18(22(17)27-28)23(30)26-11-16-7-2-4-8-19(16)25/h2-10,12,18H,11,13-14H2,1H3,(H,26,30)/t18-/m1/s1. The summed E-state index contributed by atoms with van der Waals surface area (Å²) in [5, 5.41) is 8.08. The molecule has 32 heavy (non-hydrogen) atoms. The Hall–Kier alpha value is -3.94. The maximum Gasteiger partial charge on any atom is 0.289 e. The number of nitrogens with zero attached hydrogens (tertiary/aromatic N) is 3. The van der Waals surface area contributed by atoms with Crippen LogP contribution in [0, 0.1) is 5.82 Å². The molecule has 0 fully saturated rings. The first kappa shape index (κ1) is 20.0. The number of aryl methyl sites for hydroxylation is 1. The minimum Gasteiger partial charge on any atom is -0.451 e. The van der Waals surface area contributed by atoms with Crippen molar-refractivity contribution in [2.45, 2.75) is 19.0 Å². The Morgan fingerprint density at radius 2 is 1.97 bits per heavy atom. The van der Waals surface area contributed by atoms with Crippen LogP contribution in [0.2, 0.25) is 0 Å². The predicted octanol–water partition coefficient (Wildman–Crippen LogP) is 3.36. The number of fused-ring (bicyclic) bond motifs is 2. The fraction of sp³-hybridized carbons (Fsp3) is 0.208. The van der Waals surface area contributed by atoms with Crippen LogP contribution in [0.5, 0.6) is 0 Å². The van der Waals surface area contributed by atoms with Gasteiger partial charge < -0.3 is 14.6 Å². The molecule has 0 saturated heterocycles. The summed E-state index contributed by atoms with van der Waals surface area (Å²) in [5.41, 5.74) is 2.46. The Labute approximate surface area is 183 Å². The van der Waals surface area contributed by atoms with Crippen molar-refractivity contribution in [2.24, 2.45) is 7.05 Å². The van der Waals surface area contributed by atoms with Gasteiger partial charge in [-0.25, -0.2) is 4.39 Å². The first-order chi connectivity index (χ1) is 15.5. The molecule has 1 N–H and O–H groups in total. The van der Waals surface area contributed by atoms with Gasteiger partial charge in [0.25, 0.3) is 5.91 Å². The van der Waals surface area contributed by atoms with E-state index in [1.807, 2.05) is 24.4 Å². The number of carbonyl (C=O) groups excluding carboxylic acids is 2. The summed E-state index contributed by atoms with van der Waals surface area (Å²) in [4.78, 5) is 27.9. The number of amides is 2. The van der Waals surface area contributed by atoms with Gasteiger partial charge in [0.1, 0.15) is 11.4 Å². The summed E-state index contributed by atoms with van der Waals surface area (Å²) in [7, 11) is 1.78. The maximum atomic E-state index is 13.9. The van der Waals surface area contributed by atoms with Gasteiger partial charge in [0.2, 0.25) is 5.91 Å². The van der Waals surface area contributed by atoms with Crippen LogP contribution in [0.3, 0.4) is 0 Å². The van der Waals surface area contributed by atoms with Crippen molar-refractivity contribution in [2.75, 3.05) is 6.54 Å². The third-order valence-corrected chi connectivity index (χ3v) is 5.68. The minimum atomic E-state index is -0.667. The van der Waals surface area contributed by atoms with Crippen molar-refractivity contribution in [1.82, 2.24) is 20.0 Å². The molecule has 0 spiro atoms. The van der Waals surface area contributed by atoms with Gasteiger partial charge in [-0.05, 0) is 18.2 Å². The highest BCUT2D eigenvalue weighted by molar-refractivity contribution is 5.97. The predicted molar refractivity (Wildman–Crippen MR) is 115 cm³/mol. The summed E-state index contributed by atoms with van der Waals surface area (Å²) in [6.45, 7) is 0.542. The smallest absolute Gasteiger partial charge is 0.289 e. The van der Waals surface area contributed by atoms with Gasteiger partial charge in [-0.1, -0.05) is 36.4 Å². The maximum absolute atomic E-state index is 13.9. The van der Waals surface area contributed by atoms with Crippen LogP contribution < -0.4 is 5.32 Å². The lowest BCUT2D eigenvalue weighted by Gasteiger charge is -2.30. The number of nitrogens with one attached hydrogen (secondary N) is 1. The SMILES string of the molecule is Cn1cc2c(n1)[C@H](C(=O)NCc1ccccc1F)CN(C(=O)c1cc3ccccc3o1)C2. The molecular formula is C24H21FN4O3. The summed E-state index contributed by atoms with van der Waals surface area (Å²) in [5.74, 6) is -1.42. The Morgan fingerprint density at radius 1 is 1.19 bits per heavy atom. The second-order valence-corrected chi connectivity index (χ2v) is 7.91. The molecule has 0 unspecified atom stereocenters. The van der Waals surface area contributed by atoms with Gasteiger partial charge in [-0.15, -0.1) is 0 Å². The zero-order valence-electron chi connectivity index (χ0n) is 17.4. The summed E-state index contributed by atoms with van der Waals surface area (Å²) in [6, 6.07) is 15.4. The number of rotatable bonds is 4. The molecule has 0 aliphatic carbocycles. The molecule has 2 aromatic heterocycles. The van der Waals surface area contributed by atoms with Gasteiger partial charge in [-0.3, -0.25) is 14.3 Å². The molecule has 5 rings (SSSR count). The molecule has 8 heteroatoms. The molecule has 1 aliphatic rings. The number of hydrogen-bond acceptors (Lipinski definition) is 4. The number of para-hydroxylation sites is 1. The van der Waals surface area contributed by atoms with E-state index < -0.39 is 5.92 Å². The molecule has 3 heterocycles. The van der Waals surface area contributed by atoms with E-state index in [4.69, 9.17) is 4.42 Å². The average molecular weight is 432 g/mol. The summed E-state index contributed by atoms with van der Waals surface area (Å²) < 4.78 is 21.3. The van der Waals surface area contributed by atoms with Crippen LogP contribution >= 0.6 is 0 Å². The Bertz CT molecular complexity index is 1290. The molecular weight excluding hydrogens is 411 g/mol. The first-order valence-corrected chi connectivity index (χ1v) is 10.3. The lowest BCUT2D eigenvalue weighted by Crippen LogP contribution is -2.43. The molecule has 0 bridgehead atoms. The average Bonchev–Trinajstić information content (AvgIpc) is 3.39. The van der Waals surface area contributed by atoms with Gasteiger partial charge in [0.05, 0.1) is 11.6 Å². The van der Waals surface area contributed by atoms with Crippen LogP contribution in [0.1, 0.15) is 33.3 Å². The number of aromatic nitrogens is 2. The van der Waals surface area contributed by atoms with E-state index in [0.29, 0.717) is 23.4 Å². The monoisotopic (exact) mass is 432 g/mol. The number of furan rings is 1. The molecule has 1 aliphatic heterocycles. The van der Waals surface area contributed by atoms with Crippen molar-refractivity contribution < 1.29 is 18.4 Å². The highest BCUT2D eigenvalue weighted by atomic mass is 19.1. The molecule has 7 nitrogen and oxygen atoms in total. The van der Waals surface area contributed by atoms with Gasteiger partial charge in [0.15, 0.2) is 5.76 Å². The van der Waals surface area contributed by atoms with Gasteiger partial charge in [0, 0.05) is 49.4 Å². The van der Waals surface area contributed by atoms with E-state index in [-0.39, 0.29) is 36.5 Å². The summed E-state index contributed by atoms with van der Waals surface area (Å²) >= 11 is 0. The largest absolute Gasteiger partial charge is 0.451 e. The van der Waals surface area contributed by atoms with E-state index in [1.54, 1.807) is 47.0 Å². The van der Waals surface area contributed by atoms with E-state index >= 15 is 0 Å². The Kier molecular flexibility index (Phi) is 4.97. The van der Waals surface area contributed by atoms with E-state index in [2.05, 4.69) is 10.4 Å². The molecule has 1 atom stereocenters. The number of carbonyl (C=O) groups is 2.